The average Bonchev–Trinajstić information content (AvgIpc) is 2.91. The molecule has 1 fully saturated rings. The van der Waals surface area contributed by atoms with Crippen molar-refractivity contribution in [3.05, 3.63) is 47.8 Å². The van der Waals surface area contributed by atoms with Crippen LogP contribution in [-0.4, -0.2) is 17.8 Å². The first-order chi connectivity index (χ1) is 10.1. The zero-order chi connectivity index (χ0) is 14.8. The highest BCUT2D eigenvalue weighted by Crippen LogP contribution is 2.29. The summed E-state index contributed by atoms with van der Waals surface area (Å²) in [6.45, 7) is 0.633. The first-order valence-corrected chi connectivity index (χ1v) is 7.68. The SMILES string of the molecule is O=C(NCC1CCC(Cl)C1)c1ccc(F)c2ccccc12. The molecule has 0 bridgehead atoms. The molecule has 1 aliphatic rings. The summed E-state index contributed by atoms with van der Waals surface area (Å²) in [4.78, 5) is 12.3. The van der Waals surface area contributed by atoms with Gasteiger partial charge < -0.3 is 5.32 Å². The van der Waals surface area contributed by atoms with Gasteiger partial charge in [-0.2, -0.15) is 0 Å². The molecular formula is C17H17ClFNO. The van der Waals surface area contributed by atoms with E-state index in [2.05, 4.69) is 5.32 Å². The average molecular weight is 306 g/mol. The largest absolute Gasteiger partial charge is 0.352 e. The van der Waals surface area contributed by atoms with Crippen LogP contribution < -0.4 is 5.32 Å². The fourth-order valence-electron chi connectivity index (χ4n) is 2.99. The maximum absolute atomic E-state index is 13.8. The van der Waals surface area contributed by atoms with E-state index in [4.69, 9.17) is 11.6 Å². The maximum Gasteiger partial charge on any atom is 0.251 e. The van der Waals surface area contributed by atoms with E-state index >= 15 is 0 Å². The predicted octanol–water partition coefficient (Wildman–Crippen LogP) is 4.12. The Morgan fingerprint density at radius 1 is 1.19 bits per heavy atom. The van der Waals surface area contributed by atoms with Crippen molar-refractivity contribution in [1.82, 2.24) is 5.32 Å². The molecule has 110 valence electrons. The van der Waals surface area contributed by atoms with Crippen molar-refractivity contribution in [2.45, 2.75) is 24.6 Å². The van der Waals surface area contributed by atoms with Gasteiger partial charge in [0.2, 0.25) is 0 Å². The summed E-state index contributed by atoms with van der Waals surface area (Å²) in [5.41, 5.74) is 0.521. The maximum atomic E-state index is 13.8. The summed E-state index contributed by atoms with van der Waals surface area (Å²) in [5.74, 6) is -0.00434. The second-order valence-electron chi connectivity index (χ2n) is 5.63. The molecule has 2 aromatic rings. The second-order valence-corrected chi connectivity index (χ2v) is 6.24. The lowest BCUT2D eigenvalue weighted by Gasteiger charge is -2.12. The third-order valence-corrected chi connectivity index (χ3v) is 4.54. The van der Waals surface area contributed by atoms with Gasteiger partial charge in [-0.1, -0.05) is 24.3 Å². The van der Waals surface area contributed by atoms with E-state index in [1.54, 1.807) is 24.3 Å². The summed E-state index contributed by atoms with van der Waals surface area (Å²) in [6, 6.07) is 9.95. The molecule has 2 atom stereocenters. The second kappa shape index (κ2) is 6.02. The monoisotopic (exact) mass is 305 g/mol. The van der Waals surface area contributed by atoms with E-state index in [1.165, 1.54) is 6.07 Å². The summed E-state index contributed by atoms with van der Waals surface area (Å²) in [5, 5.41) is 4.32. The Hall–Kier alpha value is -1.61. The molecular weight excluding hydrogens is 289 g/mol. The van der Waals surface area contributed by atoms with Gasteiger partial charge in [0.1, 0.15) is 5.82 Å². The zero-order valence-corrected chi connectivity index (χ0v) is 12.4. The van der Waals surface area contributed by atoms with Gasteiger partial charge in [0, 0.05) is 22.9 Å². The van der Waals surface area contributed by atoms with E-state index in [0.717, 1.165) is 19.3 Å². The lowest BCUT2D eigenvalue weighted by Crippen LogP contribution is -2.28. The molecule has 1 saturated carbocycles. The van der Waals surface area contributed by atoms with E-state index in [-0.39, 0.29) is 17.1 Å². The molecule has 0 aromatic heterocycles. The van der Waals surface area contributed by atoms with E-state index in [1.807, 2.05) is 6.07 Å². The van der Waals surface area contributed by atoms with Crippen LogP contribution in [0.15, 0.2) is 36.4 Å². The van der Waals surface area contributed by atoms with E-state index < -0.39 is 0 Å². The Labute approximate surface area is 128 Å². The fourth-order valence-corrected chi connectivity index (χ4v) is 3.37. The molecule has 1 N–H and O–H groups in total. The molecule has 0 spiro atoms. The van der Waals surface area contributed by atoms with Gasteiger partial charge in [-0.15, -0.1) is 11.6 Å². The van der Waals surface area contributed by atoms with Crippen molar-refractivity contribution in [3.63, 3.8) is 0 Å². The van der Waals surface area contributed by atoms with Gasteiger partial charge in [-0.25, -0.2) is 4.39 Å². The number of nitrogens with one attached hydrogen (secondary N) is 1. The molecule has 0 heterocycles. The van der Waals surface area contributed by atoms with Crippen LogP contribution in [0.5, 0.6) is 0 Å². The first-order valence-electron chi connectivity index (χ1n) is 7.24. The number of hydrogen-bond donors (Lipinski definition) is 1. The third-order valence-electron chi connectivity index (χ3n) is 4.14. The minimum atomic E-state index is -0.303. The van der Waals surface area contributed by atoms with Gasteiger partial charge >= 0.3 is 0 Å². The number of fused-ring (bicyclic) bond motifs is 1. The number of alkyl halides is 1. The van der Waals surface area contributed by atoms with Crippen molar-refractivity contribution >= 4 is 28.3 Å². The minimum absolute atomic E-state index is 0.149. The summed E-state index contributed by atoms with van der Waals surface area (Å²) in [7, 11) is 0. The van der Waals surface area contributed by atoms with Crippen LogP contribution >= 0.6 is 11.6 Å². The highest BCUT2D eigenvalue weighted by molar-refractivity contribution is 6.20. The molecule has 2 nitrogen and oxygen atoms in total. The van der Waals surface area contributed by atoms with E-state index in [0.29, 0.717) is 28.8 Å². The molecule has 21 heavy (non-hydrogen) atoms. The smallest absolute Gasteiger partial charge is 0.251 e. The van der Waals surface area contributed by atoms with Gasteiger partial charge in [0.15, 0.2) is 0 Å². The quantitative estimate of drug-likeness (QED) is 0.849. The normalized spacial score (nSPS) is 21.6. The Bertz CT molecular complexity index is 673. The first kappa shape index (κ1) is 14.3. The van der Waals surface area contributed by atoms with Crippen LogP contribution in [0.3, 0.4) is 0 Å². The molecule has 2 aromatic carbocycles. The Morgan fingerprint density at radius 3 is 2.67 bits per heavy atom. The van der Waals surface area contributed by atoms with Gasteiger partial charge in [-0.3, -0.25) is 4.79 Å². The van der Waals surface area contributed by atoms with Crippen molar-refractivity contribution in [1.29, 1.82) is 0 Å². The molecule has 4 heteroatoms. The number of carbonyl (C=O) groups is 1. The third kappa shape index (κ3) is 3.03. The number of benzene rings is 2. The van der Waals surface area contributed by atoms with Crippen LogP contribution in [0.4, 0.5) is 4.39 Å². The molecule has 0 radical (unpaired) electrons. The lowest BCUT2D eigenvalue weighted by molar-refractivity contribution is 0.0949. The standard InChI is InChI=1S/C17H17ClFNO/c18-12-6-5-11(9-12)10-20-17(21)15-7-8-16(19)14-4-2-1-3-13(14)15/h1-4,7-8,11-12H,5-6,9-10H2,(H,20,21). The lowest BCUT2D eigenvalue weighted by atomic mass is 10.0. The Kier molecular flexibility index (Phi) is 4.11. The fraction of sp³-hybridized carbons (Fsp3) is 0.353. The van der Waals surface area contributed by atoms with Gasteiger partial charge in [0.05, 0.1) is 0 Å². The van der Waals surface area contributed by atoms with Crippen LogP contribution in [0.1, 0.15) is 29.6 Å². The number of hydrogen-bond acceptors (Lipinski definition) is 1. The summed E-state index contributed by atoms with van der Waals surface area (Å²) in [6.07, 6.45) is 3.02. The number of rotatable bonds is 3. The molecule has 2 unspecified atom stereocenters. The highest BCUT2D eigenvalue weighted by atomic mass is 35.5. The van der Waals surface area contributed by atoms with Gasteiger partial charge in [-0.05, 0) is 42.7 Å². The summed E-state index contributed by atoms with van der Waals surface area (Å²) < 4.78 is 13.8. The van der Waals surface area contributed by atoms with E-state index in [9.17, 15) is 9.18 Å². The van der Waals surface area contributed by atoms with Gasteiger partial charge in [0.25, 0.3) is 5.91 Å². The van der Waals surface area contributed by atoms with Crippen LogP contribution in [0.2, 0.25) is 0 Å². The predicted molar refractivity (Wildman–Crippen MR) is 83.2 cm³/mol. The molecule has 0 saturated heterocycles. The molecule has 1 amide bonds. The topological polar surface area (TPSA) is 29.1 Å². The zero-order valence-electron chi connectivity index (χ0n) is 11.6. The number of amides is 1. The van der Waals surface area contributed by atoms with Crippen LogP contribution in [0, 0.1) is 11.7 Å². The molecule has 3 rings (SSSR count). The van der Waals surface area contributed by atoms with Crippen molar-refractivity contribution in [2.75, 3.05) is 6.54 Å². The molecule has 0 aliphatic heterocycles. The summed E-state index contributed by atoms with van der Waals surface area (Å²) >= 11 is 6.08. The van der Waals surface area contributed by atoms with Crippen molar-refractivity contribution in [2.24, 2.45) is 5.92 Å². The number of halogens is 2. The molecule has 1 aliphatic carbocycles. The van der Waals surface area contributed by atoms with Crippen LogP contribution in [0.25, 0.3) is 10.8 Å². The highest BCUT2D eigenvalue weighted by Gasteiger charge is 2.23. The van der Waals surface area contributed by atoms with Crippen molar-refractivity contribution < 1.29 is 9.18 Å². The Balaban J connectivity index is 1.77. The number of carbonyl (C=O) groups excluding carboxylic acids is 1. The Morgan fingerprint density at radius 2 is 1.95 bits per heavy atom. The minimum Gasteiger partial charge on any atom is -0.352 e. The van der Waals surface area contributed by atoms with Crippen LogP contribution in [-0.2, 0) is 0 Å². The van der Waals surface area contributed by atoms with Crippen molar-refractivity contribution in [3.8, 4) is 0 Å².